The molecular formula is C14H33NO3Si. The minimum absolute atomic E-state index is 0.128. The standard InChI is InChI=1S/C14H33NO3Si/c1-8-15-10-9-11-19(16-12(2)3,17-13(4)5)18-14(6)7/h12-15H,8-11H2,1-7H3. The zero-order valence-electron chi connectivity index (χ0n) is 13.8. The molecule has 5 heteroatoms. The van der Waals surface area contributed by atoms with E-state index in [1.165, 1.54) is 0 Å². The SMILES string of the molecule is CCNCCC[Si](OC(C)C)(OC(C)C)OC(C)C. The van der Waals surface area contributed by atoms with Gasteiger partial charge >= 0.3 is 8.80 Å². The summed E-state index contributed by atoms with van der Waals surface area (Å²) in [6, 6.07) is 0.870. The third-order valence-electron chi connectivity index (χ3n) is 2.33. The first-order valence-electron chi connectivity index (χ1n) is 7.55. The molecule has 0 spiro atoms. The lowest BCUT2D eigenvalue weighted by Crippen LogP contribution is -2.50. The van der Waals surface area contributed by atoms with Crippen LogP contribution in [0.2, 0.25) is 6.04 Å². The van der Waals surface area contributed by atoms with E-state index in [1.54, 1.807) is 0 Å². The average Bonchev–Trinajstić information content (AvgIpc) is 2.21. The predicted octanol–water partition coefficient (Wildman–Crippen LogP) is 3.20. The molecule has 0 aliphatic heterocycles. The van der Waals surface area contributed by atoms with Crippen LogP contribution in [0.1, 0.15) is 54.9 Å². The van der Waals surface area contributed by atoms with Crippen molar-refractivity contribution in [1.82, 2.24) is 5.32 Å². The summed E-state index contributed by atoms with van der Waals surface area (Å²) < 4.78 is 18.3. The summed E-state index contributed by atoms with van der Waals surface area (Å²) in [5.41, 5.74) is 0. The number of rotatable bonds is 11. The third-order valence-corrected chi connectivity index (χ3v) is 5.79. The summed E-state index contributed by atoms with van der Waals surface area (Å²) in [5, 5.41) is 3.34. The van der Waals surface area contributed by atoms with Gasteiger partial charge in [0.2, 0.25) is 0 Å². The second kappa shape index (κ2) is 9.88. The molecule has 0 aliphatic rings. The summed E-state index contributed by atoms with van der Waals surface area (Å²) in [6.45, 7) is 16.3. The fourth-order valence-electron chi connectivity index (χ4n) is 1.94. The Morgan fingerprint density at radius 2 is 1.26 bits per heavy atom. The van der Waals surface area contributed by atoms with Gasteiger partial charge in [0.25, 0.3) is 0 Å². The minimum Gasteiger partial charge on any atom is -0.371 e. The van der Waals surface area contributed by atoms with Gasteiger partial charge in [0.1, 0.15) is 0 Å². The molecule has 0 rings (SSSR count). The number of hydrogen-bond donors (Lipinski definition) is 1. The highest BCUT2D eigenvalue weighted by Gasteiger charge is 2.43. The molecule has 116 valence electrons. The van der Waals surface area contributed by atoms with Crippen LogP contribution in [0.15, 0.2) is 0 Å². The molecule has 0 fully saturated rings. The Morgan fingerprint density at radius 1 is 0.842 bits per heavy atom. The van der Waals surface area contributed by atoms with E-state index >= 15 is 0 Å². The van der Waals surface area contributed by atoms with Gasteiger partial charge < -0.3 is 18.6 Å². The summed E-state index contributed by atoms with van der Waals surface area (Å²) in [7, 11) is -2.57. The lowest BCUT2D eigenvalue weighted by atomic mass is 10.5. The van der Waals surface area contributed by atoms with Crippen LogP contribution in [-0.4, -0.2) is 40.2 Å². The molecule has 0 aliphatic carbocycles. The van der Waals surface area contributed by atoms with Crippen LogP contribution in [0.4, 0.5) is 0 Å². The van der Waals surface area contributed by atoms with Gasteiger partial charge in [0, 0.05) is 24.4 Å². The monoisotopic (exact) mass is 291 g/mol. The van der Waals surface area contributed by atoms with Crippen LogP contribution in [0.3, 0.4) is 0 Å². The first-order valence-corrected chi connectivity index (χ1v) is 9.48. The molecule has 0 atom stereocenters. The highest BCUT2D eigenvalue weighted by atomic mass is 28.4. The zero-order chi connectivity index (χ0) is 14.9. The lowest BCUT2D eigenvalue weighted by molar-refractivity contribution is 0.00292. The topological polar surface area (TPSA) is 39.7 Å². The van der Waals surface area contributed by atoms with Crippen molar-refractivity contribution in [2.45, 2.75) is 79.2 Å². The lowest BCUT2D eigenvalue weighted by Gasteiger charge is -2.34. The number of hydrogen-bond acceptors (Lipinski definition) is 4. The van der Waals surface area contributed by atoms with Crippen LogP contribution in [-0.2, 0) is 13.3 Å². The third kappa shape index (κ3) is 9.57. The van der Waals surface area contributed by atoms with Crippen LogP contribution >= 0.6 is 0 Å². The Hall–Kier alpha value is 0.0569. The molecule has 0 bridgehead atoms. The maximum Gasteiger partial charge on any atom is 0.501 e. The van der Waals surface area contributed by atoms with Crippen molar-refractivity contribution in [1.29, 1.82) is 0 Å². The maximum absolute atomic E-state index is 6.11. The van der Waals surface area contributed by atoms with Gasteiger partial charge in [-0.1, -0.05) is 6.92 Å². The second-order valence-corrected chi connectivity index (χ2v) is 8.21. The molecule has 0 heterocycles. The van der Waals surface area contributed by atoms with E-state index in [-0.39, 0.29) is 18.3 Å². The van der Waals surface area contributed by atoms with Gasteiger partial charge in [-0.2, -0.15) is 0 Å². The molecule has 0 radical (unpaired) electrons. The summed E-state index contributed by atoms with van der Waals surface area (Å²) in [5.74, 6) is 0. The maximum atomic E-state index is 6.11. The van der Waals surface area contributed by atoms with Crippen LogP contribution in [0.25, 0.3) is 0 Å². The molecule has 0 amide bonds. The Morgan fingerprint density at radius 3 is 1.58 bits per heavy atom. The van der Waals surface area contributed by atoms with E-state index in [1.807, 2.05) is 41.5 Å². The van der Waals surface area contributed by atoms with Crippen molar-refractivity contribution < 1.29 is 13.3 Å². The van der Waals surface area contributed by atoms with E-state index in [0.29, 0.717) is 0 Å². The Balaban J connectivity index is 4.68. The van der Waals surface area contributed by atoms with Crippen LogP contribution in [0, 0.1) is 0 Å². The summed E-state index contributed by atoms with van der Waals surface area (Å²) in [4.78, 5) is 0. The van der Waals surface area contributed by atoms with Gasteiger partial charge in [0.15, 0.2) is 0 Å². The molecule has 0 aromatic rings. The molecular weight excluding hydrogens is 258 g/mol. The summed E-state index contributed by atoms with van der Waals surface area (Å²) in [6.07, 6.45) is 1.40. The van der Waals surface area contributed by atoms with Crippen molar-refractivity contribution in [3.63, 3.8) is 0 Å². The van der Waals surface area contributed by atoms with Crippen molar-refractivity contribution >= 4 is 8.80 Å². The highest BCUT2D eigenvalue weighted by molar-refractivity contribution is 6.60. The van der Waals surface area contributed by atoms with Gasteiger partial charge in [0.05, 0.1) is 0 Å². The van der Waals surface area contributed by atoms with Crippen molar-refractivity contribution in [3.05, 3.63) is 0 Å². The average molecular weight is 292 g/mol. The first-order chi connectivity index (χ1) is 8.81. The number of nitrogens with one attached hydrogen (secondary N) is 1. The molecule has 1 N–H and O–H groups in total. The fraction of sp³-hybridized carbons (Fsp3) is 1.00. The van der Waals surface area contributed by atoms with Crippen LogP contribution < -0.4 is 5.32 Å². The molecule has 19 heavy (non-hydrogen) atoms. The molecule has 0 saturated carbocycles. The Kier molecular flexibility index (Phi) is 9.91. The van der Waals surface area contributed by atoms with Gasteiger partial charge in [-0.15, -0.1) is 0 Å². The molecule has 0 saturated heterocycles. The van der Waals surface area contributed by atoms with E-state index < -0.39 is 8.80 Å². The quantitative estimate of drug-likeness (QED) is 0.469. The highest BCUT2D eigenvalue weighted by Crippen LogP contribution is 2.23. The van der Waals surface area contributed by atoms with Gasteiger partial charge in [-0.05, 0) is 61.1 Å². The Labute approximate surface area is 120 Å². The smallest absolute Gasteiger partial charge is 0.371 e. The van der Waals surface area contributed by atoms with E-state index in [2.05, 4.69) is 12.2 Å². The molecule has 0 aromatic heterocycles. The Bertz CT molecular complexity index is 196. The minimum atomic E-state index is -2.57. The van der Waals surface area contributed by atoms with Crippen molar-refractivity contribution in [2.24, 2.45) is 0 Å². The van der Waals surface area contributed by atoms with Gasteiger partial charge in [-0.25, -0.2) is 0 Å². The second-order valence-electron chi connectivity index (χ2n) is 5.64. The van der Waals surface area contributed by atoms with E-state index in [9.17, 15) is 0 Å². The van der Waals surface area contributed by atoms with Crippen molar-refractivity contribution in [3.8, 4) is 0 Å². The molecule has 0 unspecified atom stereocenters. The fourth-order valence-corrected chi connectivity index (χ4v) is 5.23. The normalized spacial score (nSPS) is 12.9. The van der Waals surface area contributed by atoms with E-state index in [4.69, 9.17) is 13.3 Å². The van der Waals surface area contributed by atoms with Crippen molar-refractivity contribution in [2.75, 3.05) is 13.1 Å². The molecule has 0 aromatic carbocycles. The largest absolute Gasteiger partial charge is 0.501 e. The first kappa shape index (κ1) is 19.1. The molecule has 4 nitrogen and oxygen atoms in total. The summed E-state index contributed by atoms with van der Waals surface area (Å²) >= 11 is 0. The van der Waals surface area contributed by atoms with E-state index in [0.717, 1.165) is 25.6 Å². The van der Waals surface area contributed by atoms with Gasteiger partial charge in [-0.3, -0.25) is 0 Å². The predicted molar refractivity (Wildman–Crippen MR) is 82.4 cm³/mol. The van der Waals surface area contributed by atoms with Crippen LogP contribution in [0.5, 0.6) is 0 Å². The zero-order valence-corrected chi connectivity index (χ0v) is 14.8.